The first-order chi connectivity index (χ1) is 9.48. The van der Waals surface area contributed by atoms with Crippen molar-refractivity contribution in [2.24, 2.45) is 0 Å². The van der Waals surface area contributed by atoms with E-state index in [1.807, 2.05) is 25.2 Å². The minimum atomic E-state index is -3.38. The predicted octanol–water partition coefficient (Wildman–Crippen LogP) is 0.342. The maximum Gasteiger partial charge on any atom is 0.281 e. The molecule has 1 N–H and O–H groups in total. The Morgan fingerprint density at radius 2 is 1.90 bits per heavy atom. The molecule has 114 valence electrons. The third kappa shape index (κ3) is 5.16. The van der Waals surface area contributed by atoms with Gasteiger partial charge in [-0.2, -0.15) is 17.0 Å². The van der Waals surface area contributed by atoms with Crippen LogP contribution in [0.15, 0.2) is 24.4 Å². The summed E-state index contributed by atoms with van der Waals surface area (Å²) in [5.74, 6) is 0. The predicted molar refractivity (Wildman–Crippen MR) is 80.7 cm³/mol. The summed E-state index contributed by atoms with van der Waals surface area (Å²) in [6.45, 7) is 1.74. The molecule has 0 radical (unpaired) electrons. The van der Waals surface area contributed by atoms with Crippen LogP contribution in [-0.2, 0) is 16.6 Å². The van der Waals surface area contributed by atoms with E-state index < -0.39 is 10.2 Å². The fraction of sp³-hybridized carbons (Fsp3) is 0.615. The van der Waals surface area contributed by atoms with Crippen molar-refractivity contribution < 1.29 is 8.42 Å². The van der Waals surface area contributed by atoms with Crippen LogP contribution in [0.25, 0.3) is 0 Å². The number of pyridine rings is 1. The van der Waals surface area contributed by atoms with Gasteiger partial charge in [0, 0.05) is 45.5 Å². The van der Waals surface area contributed by atoms with E-state index in [0.717, 1.165) is 18.7 Å². The third-order valence-corrected chi connectivity index (χ3v) is 5.04. The van der Waals surface area contributed by atoms with Crippen LogP contribution in [0.5, 0.6) is 0 Å². The van der Waals surface area contributed by atoms with Crippen LogP contribution in [0.2, 0.25) is 0 Å². The lowest BCUT2D eigenvalue weighted by Crippen LogP contribution is -2.41. The minimum absolute atomic E-state index is 0.426. The summed E-state index contributed by atoms with van der Waals surface area (Å²) in [5.41, 5.74) is 0.896. The second-order valence-corrected chi connectivity index (χ2v) is 6.82. The molecular weight excluding hydrogens is 276 g/mol. The molecule has 0 fully saturated rings. The van der Waals surface area contributed by atoms with Crippen molar-refractivity contribution in [2.45, 2.75) is 12.8 Å². The summed E-state index contributed by atoms with van der Waals surface area (Å²) >= 11 is 0. The zero-order valence-corrected chi connectivity index (χ0v) is 13.2. The standard InChI is InChI=1S/C13H24N4O2S/c1-14-9-6-11-16(2)20(18,19)17(3)12-8-13-7-4-5-10-15-13/h4-5,7,10,14H,6,8-9,11-12H2,1-3H3. The lowest BCUT2D eigenvalue weighted by atomic mass is 10.3. The Bertz CT molecular complexity index is 478. The summed E-state index contributed by atoms with van der Waals surface area (Å²) in [6.07, 6.45) is 3.12. The van der Waals surface area contributed by atoms with Crippen molar-refractivity contribution in [1.82, 2.24) is 18.9 Å². The fourth-order valence-corrected chi connectivity index (χ4v) is 2.92. The van der Waals surface area contributed by atoms with Crippen molar-refractivity contribution in [3.63, 3.8) is 0 Å². The zero-order chi connectivity index (χ0) is 15.0. The van der Waals surface area contributed by atoms with Crippen LogP contribution in [0.3, 0.4) is 0 Å². The highest BCUT2D eigenvalue weighted by Crippen LogP contribution is 2.06. The molecule has 1 heterocycles. The third-order valence-electron chi connectivity index (χ3n) is 3.10. The lowest BCUT2D eigenvalue weighted by molar-refractivity contribution is 0.389. The second-order valence-electron chi connectivity index (χ2n) is 4.68. The molecule has 6 nitrogen and oxygen atoms in total. The Hall–Kier alpha value is -1.02. The molecule has 0 spiro atoms. The molecule has 0 atom stereocenters. The van der Waals surface area contributed by atoms with Gasteiger partial charge in [-0.3, -0.25) is 4.98 Å². The van der Waals surface area contributed by atoms with Gasteiger partial charge >= 0.3 is 0 Å². The van der Waals surface area contributed by atoms with Gasteiger partial charge in [0.2, 0.25) is 0 Å². The van der Waals surface area contributed by atoms with Crippen LogP contribution in [0, 0.1) is 0 Å². The molecule has 0 amide bonds. The van der Waals surface area contributed by atoms with Gasteiger partial charge < -0.3 is 5.32 Å². The van der Waals surface area contributed by atoms with Crippen molar-refractivity contribution in [2.75, 3.05) is 40.8 Å². The summed E-state index contributed by atoms with van der Waals surface area (Å²) in [5, 5.41) is 3.01. The number of nitrogens with one attached hydrogen (secondary N) is 1. The first-order valence-electron chi connectivity index (χ1n) is 6.70. The maximum absolute atomic E-state index is 12.3. The summed E-state index contributed by atoms with van der Waals surface area (Å²) in [7, 11) is 1.69. The van der Waals surface area contributed by atoms with Crippen molar-refractivity contribution in [3.05, 3.63) is 30.1 Å². The van der Waals surface area contributed by atoms with E-state index in [2.05, 4.69) is 10.3 Å². The number of likely N-dealkylation sites (N-methyl/N-ethyl adjacent to an activating group) is 1. The highest BCUT2D eigenvalue weighted by Gasteiger charge is 2.22. The number of hydrogen-bond donors (Lipinski definition) is 1. The highest BCUT2D eigenvalue weighted by atomic mass is 32.2. The van der Waals surface area contributed by atoms with Crippen molar-refractivity contribution in [1.29, 1.82) is 0 Å². The first kappa shape index (κ1) is 17.0. The molecule has 0 aliphatic heterocycles. The van der Waals surface area contributed by atoms with Gasteiger partial charge in [0.15, 0.2) is 0 Å². The zero-order valence-electron chi connectivity index (χ0n) is 12.4. The minimum Gasteiger partial charge on any atom is -0.320 e. The summed E-state index contributed by atoms with van der Waals surface area (Å²) < 4.78 is 27.3. The van der Waals surface area contributed by atoms with Gasteiger partial charge in [-0.1, -0.05) is 6.07 Å². The monoisotopic (exact) mass is 300 g/mol. The van der Waals surface area contributed by atoms with E-state index in [-0.39, 0.29) is 0 Å². The lowest BCUT2D eigenvalue weighted by Gasteiger charge is -2.24. The van der Waals surface area contributed by atoms with E-state index in [9.17, 15) is 8.42 Å². The van der Waals surface area contributed by atoms with Crippen molar-refractivity contribution >= 4 is 10.2 Å². The van der Waals surface area contributed by atoms with Gasteiger partial charge in [-0.15, -0.1) is 0 Å². The smallest absolute Gasteiger partial charge is 0.281 e. The topological polar surface area (TPSA) is 65.5 Å². The molecule has 1 aromatic rings. The summed E-state index contributed by atoms with van der Waals surface area (Å²) in [6, 6.07) is 5.65. The van der Waals surface area contributed by atoms with E-state index in [1.165, 1.54) is 8.61 Å². The Morgan fingerprint density at radius 3 is 2.50 bits per heavy atom. The molecule has 7 heteroatoms. The van der Waals surface area contributed by atoms with Crippen LogP contribution in [0.1, 0.15) is 12.1 Å². The molecule has 0 aromatic carbocycles. The van der Waals surface area contributed by atoms with Gasteiger partial charge in [-0.05, 0) is 32.1 Å². The average molecular weight is 300 g/mol. The highest BCUT2D eigenvalue weighted by molar-refractivity contribution is 7.86. The fourth-order valence-electron chi connectivity index (χ4n) is 1.77. The molecule has 0 unspecified atom stereocenters. The molecule has 1 rings (SSSR count). The van der Waals surface area contributed by atoms with Crippen LogP contribution < -0.4 is 5.32 Å². The van der Waals surface area contributed by atoms with Crippen molar-refractivity contribution in [3.8, 4) is 0 Å². The number of rotatable bonds is 9. The van der Waals surface area contributed by atoms with E-state index in [4.69, 9.17) is 0 Å². The second kappa shape index (κ2) is 8.31. The molecule has 0 aliphatic carbocycles. The Labute approximate surface area is 122 Å². The Balaban J connectivity index is 2.49. The first-order valence-corrected chi connectivity index (χ1v) is 8.10. The normalized spacial score (nSPS) is 12.2. The van der Waals surface area contributed by atoms with Gasteiger partial charge in [0.25, 0.3) is 10.2 Å². The van der Waals surface area contributed by atoms with Crippen LogP contribution in [0.4, 0.5) is 0 Å². The van der Waals surface area contributed by atoms with Crippen LogP contribution >= 0.6 is 0 Å². The van der Waals surface area contributed by atoms with E-state index >= 15 is 0 Å². The largest absolute Gasteiger partial charge is 0.320 e. The van der Waals surface area contributed by atoms with E-state index in [0.29, 0.717) is 19.5 Å². The quantitative estimate of drug-likeness (QED) is 0.668. The number of nitrogens with zero attached hydrogens (tertiary/aromatic N) is 3. The molecule has 0 bridgehead atoms. The molecule has 0 saturated carbocycles. The average Bonchev–Trinajstić information content (AvgIpc) is 2.45. The molecule has 0 aliphatic rings. The summed E-state index contributed by atoms with van der Waals surface area (Å²) in [4.78, 5) is 4.19. The van der Waals surface area contributed by atoms with E-state index in [1.54, 1.807) is 20.3 Å². The number of hydrogen-bond acceptors (Lipinski definition) is 4. The molecular formula is C13H24N4O2S. The Kier molecular flexibility index (Phi) is 7.08. The molecule has 20 heavy (non-hydrogen) atoms. The Morgan fingerprint density at radius 1 is 1.20 bits per heavy atom. The van der Waals surface area contributed by atoms with Gasteiger partial charge in [0.1, 0.15) is 0 Å². The van der Waals surface area contributed by atoms with Gasteiger partial charge in [0.05, 0.1) is 0 Å². The molecule has 1 aromatic heterocycles. The maximum atomic E-state index is 12.3. The van der Waals surface area contributed by atoms with Gasteiger partial charge in [-0.25, -0.2) is 0 Å². The number of aromatic nitrogens is 1. The van der Waals surface area contributed by atoms with Crippen LogP contribution in [-0.4, -0.2) is 62.8 Å². The molecule has 0 saturated heterocycles. The SMILES string of the molecule is CNCCCN(C)S(=O)(=O)N(C)CCc1ccccn1.